The highest BCUT2D eigenvalue weighted by molar-refractivity contribution is 5.68. The van der Waals surface area contributed by atoms with E-state index in [0.717, 1.165) is 11.8 Å². The summed E-state index contributed by atoms with van der Waals surface area (Å²) in [7, 11) is 8.56. The second-order valence-electron chi connectivity index (χ2n) is 24.9. The first kappa shape index (κ1) is 62.1. The van der Waals surface area contributed by atoms with Crippen LogP contribution in [0.15, 0.2) is 122 Å². The van der Waals surface area contributed by atoms with Gasteiger partial charge >= 0.3 is 0 Å². The van der Waals surface area contributed by atoms with Gasteiger partial charge in [-0.25, -0.2) is 18.3 Å². The lowest BCUT2D eigenvalue weighted by Gasteiger charge is -2.22. The van der Waals surface area contributed by atoms with Crippen LogP contribution in [0.25, 0.3) is 45.0 Å². The van der Waals surface area contributed by atoms with Crippen LogP contribution in [-0.4, -0.2) is 0 Å². The monoisotopic (exact) mass is 1080 g/mol. The molecule has 2 fully saturated rings. The molecule has 0 spiro atoms. The summed E-state index contributed by atoms with van der Waals surface area (Å²) in [4.78, 5) is 0. The molecule has 81 heavy (non-hydrogen) atoms. The van der Waals surface area contributed by atoms with Crippen molar-refractivity contribution in [3.8, 4) is 45.0 Å². The van der Waals surface area contributed by atoms with Gasteiger partial charge in [-0.3, -0.25) is 0 Å². The Balaban J connectivity index is 0.000000156. The summed E-state index contributed by atoms with van der Waals surface area (Å²) in [6.45, 7) is 33.1. The molecule has 2 aliphatic rings. The van der Waals surface area contributed by atoms with E-state index in [2.05, 4.69) is 272 Å². The molecule has 4 heterocycles. The van der Waals surface area contributed by atoms with Gasteiger partial charge in [-0.15, -0.1) is 0 Å². The van der Waals surface area contributed by atoms with E-state index in [0.29, 0.717) is 5.92 Å². The van der Waals surface area contributed by atoms with Crippen molar-refractivity contribution in [2.24, 2.45) is 28.2 Å². The summed E-state index contributed by atoms with van der Waals surface area (Å²) in [5.74, 6) is 2.27. The van der Waals surface area contributed by atoms with Crippen LogP contribution in [0.4, 0.5) is 0 Å². The van der Waals surface area contributed by atoms with E-state index in [1.54, 1.807) is 11.1 Å². The Morgan fingerprint density at radius 1 is 0.346 bits per heavy atom. The lowest BCUT2D eigenvalue weighted by atomic mass is 9.83. The standard InChI is InChI=1S/C21H28N.C20H26N.C20H28N.C16H20N/c1-15-12-17(3)21(22(4)14-15)20-11-10-19(13-16(20)2)18-8-6-5-7-9-18;1-14-11-16(3)20(21(4)13-14)19-10-9-18(12-15(19)2)17-7-5-6-8-17;1-7-17(8-2)18-9-10-19(15(4)12-18)20-16(5)11-14(3)13-21(20)6;1-11-6-7-15(13(3)10-11)16-14(4)12(2)8-9-17(16)5/h10-14,18H,5-9H2,1-4H3;9-13,17H,5-8H2,1-4H3;9-13,17H,7-8H2,1-6H3;6-10H,1-5H3/q4*+1. The van der Waals surface area contributed by atoms with Crippen molar-refractivity contribution in [1.29, 1.82) is 0 Å². The second-order valence-corrected chi connectivity index (χ2v) is 24.9. The molecular formula is C77H102N4+4. The van der Waals surface area contributed by atoms with Crippen LogP contribution in [0.1, 0.15) is 191 Å². The molecule has 4 heteroatoms. The van der Waals surface area contributed by atoms with Gasteiger partial charge < -0.3 is 0 Å². The van der Waals surface area contributed by atoms with E-state index in [1.165, 1.54) is 194 Å². The summed E-state index contributed by atoms with van der Waals surface area (Å²) in [6.07, 6.45) is 23.7. The molecule has 10 rings (SSSR count). The highest BCUT2D eigenvalue weighted by atomic mass is 14.9. The van der Waals surface area contributed by atoms with Crippen molar-refractivity contribution < 1.29 is 18.3 Å². The van der Waals surface area contributed by atoms with Crippen molar-refractivity contribution in [1.82, 2.24) is 0 Å². The van der Waals surface area contributed by atoms with Gasteiger partial charge in [0.1, 0.15) is 28.2 Å². The van der Waals surface area contributed by atoms with Crippen LogP contribution < -0.4 is 18.3 Å². The van der Waals surface area contributed by atoms with E-state index >= 15 is 0 Å². The maximum atomic E-state index is 2.44. The van der Waals surface area contributed by atoms with Crippen LogP contribution in [-0.2, 0) is 28.2 Å². The molecule has 0 unspecified atom stereocenters. The number of benzene rings is 4. The third-order valence-electron chi connectivity index (χ3n) is 18.1. The number of pyridine rings is 4. The zero-order chi connectivity index (χ0) is 58.8. The van der Waals surface area contributed by atoms with Gasteiger partial charge in [-0.2, -0.15) is 0 Å². The quantitative estimate of drug-likeness (QED) is 0.128. The minimum Gasteiger partial charge on any atom is -0.201 e. The Morgan fingerprint density at radius 3 is 1.09 bits per heavy atom. The van der Waals surface area contributed by atoms with E-state index in [1.807, 2.05) is 0 Å². The fourth-order valence-corrected chi connectivity index (χ4v) is 13.9. The Hall–Kier alpha value is -6.52. The Morgan fingerprint density at radius 2 is 0.704 bits per heavy atom. The molecular weight excluding hydrogens is 981 g/mol. The van der Waals surface area contributed by atoms with E-state index < -0.39 is 0 Å². The number of hydrogen-bond acceptors (Lipinski definition) is 0. The normalized spacial score (nSPS) is 13.5. The maximum Gasteiger partial charge on any atom is 0.215 e. The number of nitrogens with zero attached hydrogens (tertiary/aromatic N) is 4. The molecule has 0 atom stereocenters. The summed E-state index contributed by atoms with van der Waals surface area (Å²) in [5.41, 5.74) is 32.9. The fraction of sp³-hybridized carbons (Fsp3) is 0.429. The third kappa shape index (κ3) is 15.1. The molecule has 2 saturated carbocycles. The summed E-state index contributed by atoms with van der Waals surface area (Å²) in [5, 5.41) is 0. The van der Waals surface area contributed by atoms with Crippen LogP contribution in [0.3, 0.4) is 0 Å². The van der Waals surface area contributed by atoms with Crippen LogP contribution in [0.5, 0.6) is 0 Å². The average Bonchev–Trinajstić information content (AvgIpc) is 4.01. The van der Waals surface area contributed by atoms with E-state index in [4.69, 9.17) is 0 Å². The zero-order valence-electron chi connectivity index (χ0n) is 53.8. The average molecular weight is 1080 g/mol. The van der Waals surface area contributed by atoms with E-state index in [9.17, 15) is 0 Å². The lowest BCUT2D eigenvalue weighted by molar-refractivity contribution is -0.661. The molecule has 0 aliphatic heterocycles. The van der Waals surface area contributed by atoms with Gasteiger partial charge in [0.05, 0.1) is 0 Å². The topological polar surface area (TPSA) is 15.5 Å². The molecule has 0 amide bonds. The molecule has 4 nitrogen and oxygen atoms in total. The summed E-state index contributed by atoms with van der Waals surface area (Å²) >= 11 is 0. The van der Waals surface area contributed by atoms with Crippen molar-refractivity contribution in [2.45, 2.75) is 192 Å². The SMILES string of the molecule is CCC(CC)c1ccc(-c2c(C)cc(C)c[n+]2C)c(C)c1.Cc1cc(C)c(-c2ccc(C3CCCC3)cc2C)[n+](C)c1.Cc1cc(C)c(-c2ccc(C3CCCCC3)cc2C)[n+](C)c1.Cc1ccc(-c2c(C)c(C)cc[n+]2C)c(C)c1. The molecule has 2 aliphatic carbocycles. The maximum absolute atomic E-state index is 2.44. The van der Waals surface area contributed by atoms with Gasteiger partial charge in [0.25, 0.3) is 0 Å². The number of aromatic nitrogens is 4. The predicted molar refractivity (Wildman–Crippen MR) is 344 cm³/mol. The highest BCUT2D eigenvalue weighted by Gasteiger charge is 2.24. The van der Waals surface area contributed by atoms with Gasteiger partial charge in [-0.1, -0.05) is 100 Å². The van der Waals surface area contributed by atoms with Gasteiger partial charge in [0.2, 0.25) is 22.8 Å². The third-order valence-corrected chi connectivity index (χ3v) is 18.1. The minimum atomic E-state index is 0.686. The molecule has 0 N–H and O–H groups in total. The zero-order valence-corrected chi connectivity index (χ0v) is 53.8. The molecule has 0 radical (unpaired) electrons. The van der Waals surface area contributed by atoms with Gasteiger partial charge in [0, 0.05) is 67.3 Å². The second kappa shape index (κ2) is 28.0. The summed E-state index contributed by atoms with van der Waals surface area (Å²) < 4.78 is 9.00. The number of rotatable bonds is 9. The Labute approximate surface area is 492 Å². The van der Waals surface area contributed by atoms with E-state index in [-0.39, 0.29) is 0 Å². The fourth-order valence-electron chi connectivity index (χ4n) is 13.9. The molecule has 0 bridgehead atoms. The Bertz CT molecular complexity index is 3290. The Kier molecular flexibility index (Phi) is 21.4. The lowest BCUT2D eigenvalue weighted by Crippen LogP contribution is -2.32. The van der Waals surface area contributed by atoms with Crippen molar-refractivity contribution >= 4 is 0 Å². The minimum absolute atomic E-state index is 0.686. The van der Waals surface area contributed by atoms with Crippen LogP contribution >= 0.6 is 0 Å². The first-order valence-electron chi connectivity index (χ1n) is 30.9. The molecule has 426 valence electrons. The largest absolute Gasteiger partial charge is 0.215 e. The molecule has 4 aromatic heterocycles. The molecule has 0 saturated heterocycles. The van der Waals surface area contributed by atoms with Crippen molar-refractivity contribution in [3.05, 3.63) is 211 Å². The molecule has 4 aromatic carbocycles. The van der Waals surface area contributed by atoms with Gasteiger partial charge in [0.15, 0.2) is 24.8 Å². The van der Waals surface area contributed by atoms with Crippen LogP contribution in [0.2, 0.25) is 0 Å². The summed E-state index contributed by atoms with van der Waals surface area (Å²) in [6, 6.07) is 36.9. The van der Waals surface area contributed by atoms with Gasteiger partial charge in [-0.05, 0) is 233 Å². The van der Waals surface area contributed by atoms with Crippen molar-refractivity contribution in [2.75, 3.05) is 0 Å². The number of aryl methyl sites for hydroxylation is 16. The smallest absolute Gasteiger partial charge is 0.201 e. The number of hydrogen-bond donors (Lipinski definition) is 0. The predicted octanol–water partition coefficient (Wildman–Crippen LogP) is 18.3. The highest BCUT2D eigenvalue weighted by Crippen LogP contribution is 2.38. The van der Waals surface area contributed by atoms with Crippen LogP contribution in [0, 0.1) is 90.0 Å². The first-order valence-corrected chi connectivity index (χ1v) is 30.9. The molecule has 8 aromatic rings. The van der Waals surface area contributed by atoms with Crippen molar-refractivity contribution in [3.63, 3.8) is 0 Å². The first-order chi connectivity index (χ1) is 38.6.